The Kier molecular flexibility index (Phi) is 8.60. The quantitative estimate of drug-likeness (QED) is 0.291. The fourth-order valence-electron chi connectivity index (χ4n) is 3.28. The summed E-state index contributed by atoms with van der Waals surface area (Å²) in [5, 5.41) is 17.8. The predicted molar refractivity (Wildman–Crippen MR) is 135 cm³/mol. The van der Waals surface area contributed by atoms with E-state index in [0.717, 1.165) is 12.6 Å². The average molecular weight is 491 g/mol. The molecule has 0 spiro atoms. The van der Waals surface area contributed by atoms with Crippen LogP contribution in [-0.2, 0) is 9.53 Å². The van der Waals surface area contributed by atoms with Crippen LogP contribution in [0.3, 0.4) is 0 Å². The van der Waals surface area contributed by atoms with Crippen molar-refractivity contribution < 1.29 is 29.0 Å². The van der Waals surface area contributed by atoms with Crippen LogP contribution in [0.4, 0.5) is 16.2 Å². The van der Waals surface area contributed by atoms with E-state index in [4.69, 9.17) is 30.5 Å². The topological polar surface area (TPSA) is 155 Å². The third kappa shape index (κ3) is 7.32. The monoisotopic (exact) mass is 490 g/mol. The molecule has 3 aromatic carbocycles. The van der Waals surface area contributed by atoms with Gasteiger partial charge in [-0.3, -0.25) is 19.9 Å². The summed E-state index contributed by atoms with van der Waals surface area (Å²) in [6.45, 7) is 1.57. The van der Waals surface area contributed by atoms with Gasteiger partial charge in [0.25, 0.3) is 11.9 Å². The van der Waals surface area contributed by atoms with Crippen molar-refractivity contribution in [3.05, 3.63) is 90.0 Å². The summed E-state index contributed by atoms with van der Waals surface area (Å²) < 4.78 is 11.1. The lowest BCUT2D eigenvalue weighted by Crippen LogP contribution is -2.27. The number of carboxylic acids is 1. The fourth-order valence-corrected chi connectivity index (χ4v) is 3.28. The van der Waals surface area contributed by atoms with Gasteiger partial charge < -0.3 is 25.6 Å². The van der Waals surface area contributed by atoms with Crippen molar-refractivity contribution in [3.63, 3.8) is 0 Å². The lowest BCUT2D eigenvalue weighted by atomic mass is 10.1. The molecule has 0 bridgehead atoms. The number of nitrogens with one attached hydrogen (secondary N) is 2. The minimum absolute atomic E-state index is 0.0693. The van der Waals surface area contributed by atoms with Gasteiger partial charge in [-0.1, -0.05) is 30.3 Å². The molecule has 3 aromatic rings. The van der Waals surface area contributed by atoms with E-state index in [1.54, 1.807) is 48.5 Å². The van der Waals surface area contributed by atoms with Crippen LogP contribution in [-0.4, -0.2) is 48.2 Å². The van der Waals surface area contributed by atoms with Gasteiger partial charge in [-0.25, -0.2) is 4.79 Å². The number of carbonyl (C=O) groups is 3. The van der Waals surface area contributed by atoms with Gasteiger partial charge in [0.05, 0.1) is 6.54 Å². The van der Waals surface area contributed by atoms with Crippen LogP contribution in [0.1, 0.15) is 22.8 Å². The van der Waals surface area contributed by atoms with Crippen molar-refractivity contribution in [2.75, 3.05) is 23.4 Å². The number of nitrogen functional groups attached to an aromatic ring is 1. The molecule has 1 heterocycles. The zero-order valence-corrected chi connectivity index (χ0v) is 19.5. The number of carboxylic acid groups (broad SMARTS) is 1. The van der Waals surface area contributed by atoms with E-state index in [2.05, 4.69) is 5.32 Å². The van der Waals surface area contributed by atoms with Crippen molar-refractivity contribution in [2.24, 2.45) is 5.73 Å². The molecule has 0 saturated carbocycles. The average Bonchev–Trinajstić information content (AvgIpc) is 3.24. The van der Waals surface area contributed by atoms with Crippen LogP contribution in [0.2, 0.25) is 0 Å². The number of nitrogens with two attached hydrogens (primary N) is 1. The van der Waals surface area contributed by atoms with Gasteiger partial charge in [0.1, 0.15) is 18.2 Å². The van der Waals surface area contributed by atoms with Gasteiger partial charge in [-0.2, -0.15) is 0 Å². The summed E-state index contributed by atoms with van der Waals surface area (Å²) in [5.74, 6) is -0.551. The normalized spacial score (nSPS) is 14.2. The first-order valence-corrected chi connectivity index (χ1v) is 10.9. The van der Waals surface area contributed by atoms with Crippen LogP contribution in [0, 0.1) is 5.41 Å². The summed E-state index contributed by atoms with van der Waals surface area (Å²) in [4.78, 5) is 35.1. The molecular formula is C26H26N4O6. The molecule has 1 saturated heterocycles. The molecule has 1 atom stereocenters. The molecule has 10 heteroatoms. The van der Waals surface area contributed by atoms with Gasteiger partial charge in [-0.15, -0.1) is 0 Å². The highest BCUT2D eigenvalue weighted by Gasteiger charge is 2.33. The Bertz CT molecular complexity index is 1230. The number of ether oxygens (including phenoxy) is 2. The number of amidine groups is 1. The smallest absolute Gasteiger partial charge is 0.414 e. The van der Waals surface area contributed by atoms with E-state index in [0.29, 0.717) is 29.1 Å². The van der Waals surface area contributed by atoms with Gasteiger partial charge in [0.15, 0.2) is 6.10 Å². The molecule has 5 N–H and O–H groups in total. The number of carbonyl (C=O) groups excluding carboxylic acids is 2. The molecule has 1 unspecified atom stereocenters. The molecule has 0 radical (unpaired) electrons. The van der Waals surface area contributed by atoms with Crippen LogP contribution in [0.5, 0.6) is 5.75 Å². The summed E-state index contributed by atoms with van der Waals surface area (Å²) in [7, 11) is 0. The summed E-state index contributed by atoms with van der Waals surface area (Å²) in [6, 6.07) is 22.8. The number of hydrogen-bond donors (Lipinski definition) is 4. The Balaban J connectivity index is 0.000000840. The van der Waals surface area contributed by atoms with Crippen LogP contribution in [0.15, 0.2) is 78.9 Å². The van der Waals surface area contributed by atoms with E-state index < -0.39 is 18.2 Å². The Hall–Kier alpha value is -4.86. The zero-order chi connectivity index (χ0) is 26.1. The maximum atomic E-state index is 12.3. The first kappa shape index (κ1) is 25.8. The molecule has 1 aliphatic rings. The van der Waals surface area contributed by atoms with Crippen molar-refractivity contribution in [1.29, 1.82) is 5.41 Å². The molecule has 0 aromatic heterocycles. The number of para-hydroxylation sites is 1. The Morgan fingerprint density at radius 3 is 2.39 bits per heavy atom. The highest BCUT2D eigenvalue weighted by atomic mass is 16.6. The number of nitrogens with zero attached hydrogens (tertiary/aromatic N) is 1. The van der Waals surface area contributed by atoms with Gasteiger partial charge >= 0.3 is 6.09 Å². The predicted octanol–water partition coefficient (Wildman–Crippen LogP) is 3.72. The molecule has 1 fully saturated rings. The molecular weight excluding hydrogens is 464 g/mol. The summed E-state index contributed by atoms with van der Waals surface area (Å²) >= 11 is 0. The zero-order valence-electron chi connectivity index (χ0n) is 19.5. The maximum Gasteiger partial charge on any atom is 0.414 e. The van der Waals surface area contributed by atoms with Crippen molar-refractivity contribution >= 4 is 35.2 Å². The number of anilines is 2. The van der Waals surface area contributed by atoms with E-state index in [1.807, 2.05) is 30.3 Å². The Labute approximate surface area is 207 Å². The standard InChI is InChI=1S/C24H22N4O4.C2H4O2/c25-22(26)17-5-4-8-19(13-17)28-14-21(32-24(28)30)15-31-20-11-9-16(10-12-20)23(29)27-18-6-2-1-3-7-18;1-2(3)4/h1-13,21H,14-15H2,(H3,25,26)(H,27,29);1H3,(H,3,4). The van der Waals surface area contributed by atoms with Crippen molar-refractivity contribution in [1.82, 2.24) is 0 Å². The Morgan fingerprint density at radius 2 is 1.75 bits per heavy atom. The molecule has 10 nitrogen and oxygen atoms in total. The highest BCUT2D eigenvalue weighted by Crippen LogP contribution is 2.23. The van der Waals surface area contributed by atoms with E-state index in [9.17, 15) is 9.59 Å². The van der Waals surface area contributed by atoms with E-state index >= 15 is 0 Å². The number of amides is 2. The minimum atomic E-state index is -0.833. The molecule has 2 amide bonds. The lowest BCUT2D eigenvalue weighted by Gasteiger charge is -2.14. The number of cyclic esters (lactones) is 1. The third-order valence-electron chi connectivity index (χ3n) is 4.93. The number of benzene rings is 3. The molecule has 1 aliphatic heterocycles. The first-order valence-electron chi connectivity index (χ1n) is 10.9. The summed E-state index contributed by atoms with van der Waals surface area (Å²) in [5.41, 5.74) is 7.90. The number of hydrogen-bond acceptors (Lipinski definition) is 6. The maximum absolute atomic E-state index is 12.3. The fraction of sp³-hybridized carbons (Fsp3) is 0.154. The first-order chi connectivity index (χ1) is 17.2. The second kappa shape index (κ2) is 12.0. The summed E-state index contributed by atoms with van der Waals surface area (Å²) in [6.07, 6.45) is -0.934. The van der Waals surface area contributed by atoms with Crippen LogP contribution < -0.4 is 20.7 Å². The van der Waals surface area contributed by atoms with Gasteiger partial charge in [0, 0.05) is 29.4 Å². The van der Waals surface area contributed by atoms with Gasteiger partial charge in [0.2, 0.25) is 0 Å². The van der Waals surface area contributed by atoms with E-state index in [-0.39, 0.29) is 18.3 Å². The highest BCUT2D eigenvalue weighted by molar-refractivity contribution is 6.04. The molecule has 36 heavy (non-hydrogen) atoms. The SMILES string of the molecule is CC(=O)O.N=C(N)c1cccc(N2CC(COc3ccc(C(=O)Nc4ccccc4)cc3)OC2=O)c1. The van der Waals surface area contributed by atoms with Crippen molar-refractivity contribution in [3.8, 4) is 5.75 Å². The van der Waals surface area contributed by atoms with Gasteiger partial charge in [-0.05, 0) is 48.5 Å². The molecule has 4 rings (SSSR count). The number of aliphatic carboxylic acids is 1. The van der Waals surface area contributed by atoms with Crippen LogP contribution in [0.25, 0.3) is 0 Å². The lowest BCUT2D eigenvalue weighted by molar-refractivity contribution is -0.134. The second-order valence-corrected chi connectivity index (χ2v) is 7.75. The number of rotatable bonds is 7. The minimum Gasteiger partial charge on any atom is -0.490 e. The van der Waals surface area contributed by atoms with Crippen molar-refractivity contribution in [2.45, 2.75) is 13.0 Å². The third-order valence-corrected chi connectivity index (χ3v) is 4.93. The molecule has 0 aliphatic carbocycles. The van der Waals surface area contributed by atoms with E-state index in [1.165, 1.54) is 4.90 Å². The van der Waals surface area contributed by atoms with Crippen LogP contribution >= 0.6 is 0 Å². The largest absolute Gasteiger partial charge is 0.490 e. The Morgan fingerprint density at radius 1 is 1.08 bits per heavy atom. The molecule has 186 valence electrons. The second-order valence-electron chi connectivity index (χ2n) is 7.75.